The molecule has 3 aromatic carbocycles. The molecule has 2 N–H and O–H groups in total. The highest BCUT2D eigenvalue weighted by atomic mass is 16.6. The molecule has 1 atom stereocenters. The summed E-state index contributed by atoms with van der Waals surface area (Å²) in [5, 5.41) is 9.97. The second-order valence-corrected chi connectivity index (χ2v) is 10.3. The first-order valence-electron chi connectivity index (χ1n) is 13.7. The van der Waals surface area contributed by atoms with Gasteiger partial charge in [-0.15, -0.1) is 0 Å². The molecular weight excluding hydrogens is 520 g/mol. The van der Waals surface area contributed by atoms with Crippen LogP contribution in [0.1, 0.15) is 55.4 Å². The third-order valence-corrected chi connectivity index (χ3v) is 6.72. The van der Waals surface area contributed by atoms with E-state index < -0.39 is 11.9 Å². The highest BCUT2D eigenvalue weighted by Gasteiger charge is 2.32. The number of benzene rings is 3. The highest BCUT2D eigenvalue weighted by molar-refractivity contribution is 5.74. The van der Waals surface area contributed by atoms with Gasteiger partial charge in [-0.25, -0.2) is 4.79 Å². The molecule has 1 heterocycles. The third-order valence-electron chi connectivity index (χ3n) is 6.72. The quantitative estimate of drug-likeness (QED) is 0.215. The van der Waals surface area contributed by atoms with Gasteiger partial charge in [0.1, 0.15) is 28.9 Å². The molecule has 0 saturated carbocycles. The molecule has 41 heavy (non-hydrogen) atoms. The van der Waals surface area contributed by atoms with Gasteiger partial charge in [-0.2, -0.15) is 5.26 Å². The molecule has 0 radical (unpaired) electrons. The maximum absolute atomic E-state index is 12.6. The van der Waals surface area contributed by atoms with Crippen LogP contribution in [0.4, 0.5) is 0 Å². The third kappa shape index (κ3) is 6.93. The van der Waals surface area contributed by atoms with Crippen LogP contribution in [-0.2, 0) is 4.79 Å². The summed E-state index contributed by atoms with van der Waals surface area (Å²) in [4.78, 5) is 12.6. The lowest BCUT2D eigenvalue weighted by molar-refractivity contribution is -0.136. The Morgan fingerprint density at radius 2 is 1.78 bits per heavy atom. The number of fused-ring (bicyclic) bond motifs is 1. The fraction of sp³-hybridized carbons (Fsp3) is 0.333. The molecule has 8 nitrogen and oxygen atoms in total. The van der Waals surface area contributed by atoms with E-state index in [1.54, 1.807) is 18.2 Å². The Balaban J connectivity index is 1.57. The van der Waals surface area contributed by atoms with Crippen LogP contribution in [0.15, 0.2) is 66.1 Å². The van der Waals surface area contributed by atoms with Crippen molar-refractivity contribution in [2.75, 3.05) is 19.8 Å². The van der Waals surface area contributed by atoms with Crippen LogP contribution in [0.25, 0.3) is 0 Å². The van der Waals surface area contributed by atoms with Gasteiger partial charge < -0.3 is 29.4 Å². The number of rotatable bonds is 11. The lowest BCUT2D eigenvalue weighted by Crippen LogP contribution is -2.22. The standard InChI is InChI=1S/C33H36N2O6/c1-6-37-29-16-23(10-13-27(29)38-15-14-20(2)3)31-25-12-11-24(17-28(25)41-33(35)26(31)18-34)40-30(36)19-39-32-21(4)8-7-9-22(32)5/h7-13,16-17,20,31H,6,14-15,19,35H2,1-5H3. The number of nitrogens with zero attached hydrogens (tertiary/aromatic N) is 1. The van der Waals surface area contributed by atoms with Crippen molar-refractivity contribution >= 4 is 5.97 Å². The number of aryl methyl sites for hydroxylation is 2. The van der Waals surface area contributed by atoms with E-state index in [0.29, 0.717) is 47.7 Å². The molecule has 1 aliphatic rings. The van der Waals surface area contributed by atoms with E-state index in [-0.39, 0.29) is 23.8 Å². The number of carbonyl (C=O) groups excluding carboxylic acids is 1. The molecule has 0 aliphatic carbocycles. The Morgan fingerprint density at radius 3 is 2.46 bits per heavy atom. The largest absolute Gasteiger partial charge is 0.490 e. The fourth-order valence-corrected chi connectivity index (χ4v) is 4.66. The predicted octanol–water partition coefficient (Wildman–Crippen LogP) is 6.33. The number of hydrogen-bond acceptors (Lipinski definition) is 8. The van der Waals surface area contributed by atoms with Crippen molar-refractivity contribution in [2.45, 2.75) is 47.0 Å². The zero-order valence-corrected chi connectivity index (χ0v) is 24.2. The van der Waals surface area contributed by atoms with Gasteiger partial charge in [0.2, 0.25) is 5.88 Å². The second kappa shape index (κ2) is 13.1. The molecule has 0 spiro atoms. The number of esters is 1. The van der Waals surface area contributed by atoms with Gasteiger partial charge in [-0.05, 0) is 68.0 Å². The SMILES string of the molecule is CCOc1cc(C2C(C#N)=C(N)Oc3cc(OC(=O)COc4c(C)cccc4C)ccc32)ccc1OCCC(C)C. The Bertz CT molecular complexity index is 1470. The average Bonchev–Trinajstić information content (AvgIpc) is 2.92. The first-order chi connectivity index (χ1) is 19.7. The number of ether oxygens (including phenoxy) is 5. The molecule has 0 amide bonds. The van der Waals surface area contributed by atoms with Crippen molar-refractivity contribution < 1.29 is 28.5 Å². The second-order valence-electron chi connectivity index (χ2n) is 10.3. The van der Waals surface area contributed by atoms with Gasteiger partial charge >= 0.3 is 5.97 Å². The lowest BCUT2D eigenvalue weighted by atomic mass is 9.83. The van der Waals surface area contributed by atoms with E-state index in [1.165, 1.54) is 0 Å². The van der Waals surface area contributed by atoms with E-state index >= 15 is 0 Å². The molecule has 4 rings (SSSR count). The summed E-state index contributed by atoms with van der Waals surface area (Å²) in [6, 6.07) is 18.6. The normalized spacial score (nSPS) is 14.1. The minimum absolute atomic E-state index is 0.0120. The number of carbonyl (C=O) groups is 1. The maximum atomic E-state index is 12.6. The topological polar surface area (TPSA) is 113 Å². The van der Waals surface area contributed by atoms with E-state index in [1.807, 2.05) is 57.2 Å². The number of nitrogens with two attached hydrogens (primary N) is 1. The predicted molar refractivity (Wildman–Crippen MR) is 155 cm³/mol. The number of hydrogen-bond donors (Lipinski definition) is 1. The summed E-state index contributed by atoms with van der Waals surface area (Å²) in [6.45, 7) is 10.8. The summed E-state index contributed by atoms with van der Waals surface area (Å²) >= 11 is 0. The van der Waals surface area contributed by atoms with Gasteiger partial charge in [0, 0.05) is 11.6 Å². The van der Waals surface area contributed by atoms with Crippen LogP contribution in [0.2, 0.25) is 0 Å². The summed E-state index contributed by atoms with van der Waals surface area (Å²) in [6.07, 6.45) is 0.920. The van der Waals surface area contributed by atoms with Crippen LogP contribution in [0.5, 0.6) is 28.7 Å². The molecule has 0 bridgehead atoms. The van der Waals surface area contributed by atoms with Gasteiger partial charge in [-0.1, -0.05) is 44.2 Å². The summed E-state index contributed by atoms with van der Waals surface area (Å²) in [7, 11) is 0. The molecule has 214 valence electrons. The molecule has 3 aromatic rings. The first kappa shape index (κ1) is 29.3. The van der Waals surface area contributed by atoms with Crippen molar-refractivity contribution in [1.29, 1.82) is 5.26 Å². The van der Waals surface area contributed by atoms with E-state index in [9.17, 15) is 10.1 Å². The van der Waals surface area contributed by atoms with Gasteiger partial charge in [0.25, 0.3) is 0 Å². The molecule has 1 unspecified atom stereocenters. The molecule has 8 heteroatoms. The smallest absolute Gasteiger partial charge is 0.349 e. The highest BCUT2D eigenvalue weighted by Crippen LogP contribution is 2.45. The van der Waals surface area contributed by atoms with Crippen molar-refractivity contribution in [3.8, 4) is 34.8 Å². The minimum atomic E-state index is -0.560. The minimum Gasteiger partial charge on any atom is -0.490 e. The first-order valence-corrected chi connectivity index (χ1v) is 13.7. The monoisotopic (exact) mass is 556 g/mol. The van der Waals surface area contributed by atoms with Crippen LogP contribution in [-0.4, -0.2) is 25.8 Å². The number of allylic oxidation sites excluding steroid dienone is 1. The average molecular weight is 557 g/mol. The molecule has 1 aliphatic heterocycles. The Hall–Kier alpha value is -4.64. The number of para-hydroxylation sites is 1. The summed E-state index contributed by atoms with van der Waals surface area (Å²) < 4.78 is 28.9. The molecule has 0 aromatic heterocycles. The molecule has 0 saturated heterocycles. The lowest BCUT2D eigenvalue weighted by Gasteiger charge is -2.27. The van der Waals surface area contributed by atoms with E-state index in [4.69, 9.17) is 29.4 Å². The van der Waals surface area contributed by atoms with Crippen molar-refractivity contribution in [2.24, 2.45) is 11.7 Å². The van der Waals surface area contributed by atoms with Crippen molar-refractivity contribution in [3.63, 3.8) is 0 Å². The zero-order chi connectivity index (χ0) is 29.5. The van der Waals surface area contributed by atoms with Gasteiger partial charge in [0.05, 0.1) is 19.1 Å². The molecular formula is C33H36N2O6. The van der Waals surface area contributed by atoms with Crippen molar-refractivity contribution in [3.05, 3.63) is 88.3 Å². The van der Waals surface area contributed by atoms with Crippen LogP contribution in [0, 0.1) is 31.1 Å². The fourth-order valence-electron chi connectivity index (χ4n) is 4.66. The molecule has 0 fully saturated rings. The van der Waals surface area contributed by atoms with Gasteiger partial charge in [-0.3, -0.25) is 0 Å². The zero-order valence-electron chi connectivity index (χ0n) is 24.2. The van der Waals surface area contributed by atoms with Crippen LogP contribution < -0.4 is 29.4 Å². The Morgan fingerprint density at radius 1 is 1.02 bits per heavy atom. The van der Waals surface area contributed by atoms with Gasteiger partial charge in [0.15, 0.2) is 18.1 Å². The maximum Gasteiger partial charge on any atom is 0.349 e. The van der Waals surface area contributed by atoms with Crippen LogP contribution >= 0.6 is 0 Å². The van der Waals surface area contributed by atoms with Crippen molar-refractivity contribution in [1.82, 2.24) is 0 Å². The van der Waals surface area contributed by atoms with E-state index in [0.717, 1.165) is 23.1 Å². The Labute approximate surface area is 241 Å². The summed E-state index contributed by atoms with van der Waals surface area (Å²) in [5.41, 5.74) is 9.84. The number of nitriles is 1. The summed E-state index contributed by atoms with van der Waals surface area (Å²) in [5.74, 6) is 1.99. The van der Waals surface area contributed by atoms with E-state index in [2.05, 4.69) is 19.9 Å². The van der Waals surface area contributed by atoms with Crippen LogP contribution in [0.3, 0.4) is 0 Å². The Kier molecular flexibility index (Phi) is 9.41.